The largest absolute Gasteiger partial charge is 0.0921 e. The summed E-state index contributed by atoms with van der Waals surface area (Å²) in [5, 5.41) is 10.5. The zero-order valence-corrected chi connectivity index (χ0v) is 35.1. The molecule has 0 radical (unpaired) electrons. The second kappa shape index (κ2) is 13.7. The molecule has 0 spiro atoms. The van der Waals surface area contributed by atoms with Crippen LogP contribution in [0.5, 0.6) is 0 Å². The van der Waals surface area contributed by atoms with E-state index in [9.17, 15) is 0 Å². The SMILES string of the molecule is BrCC1(CBr)C(CBr)(CBr)C(CBr)(CBr)C(CBr)(CBr)C(CBr)(CBr)C1(CBr)CBr. The third-order valence-corrected chi connectivity index (χ3v) is 19.7. The molecule has 180 valence electrons. The number of hydrogen-bond donors (Lipinski definition) is 0. The molecule has 30 heavy (non-hydrogen) atoms. The summed E-state index contributed by atoms with van der Waals surface area (Å²) in [7, 11) is 0. The van der Waals surface area contributed by atoms with Crippen molar-refractivity contribution in [2.45, 2.75) is 0 Å². The fraction of sp³-hybridized carbons (Fsp3) is 1.00. The summed E-state index contributed by atoms with van der Waals surface area (Å²) in [5.74, 6) is 0. The highest BCUT2D eigenvalue weighted by atomic mass is 79.9. The van der Waals surface area contributed by atoms with Gasteiger partial charge in [-0.25, -0.2) is 0 Å². The number of alkyl halides is 12. The Morgan fingerprint density at radius 2 is 0.267 bits per heavy atom. The molecule has 12 heteroatoms. The third kappa shape index (κ3) is 3.95. The van der Waals surface area contributed by atoms with E-state index in [1.807, 2.05) is 0 Å². The molecule has 0 aromatic rings. The summed E-state index contributed by atoms with van der Waals surface area (Å²) < 4.78 is 0. The Morgan fingerprint density at radius 1 is 0.200 bits per heavy atom. The smallest absolute Gasteiger partial charge is 0.0108 e. The van der Waals surface area contributed by atoms with Crippen LogP contribution in [0.2, 0.25) is 0 Å². The van der Waals surface area contributed by atoms with Crippen molar-refractivity contribution in [3.63, 3.8) is 0 Å². The predicted molar refractivity (Wildman–Crippen MR) is 180 cm³/mol. The first-order chi connectivity index (χ1) is 14.2. The molecule has 1 saturated carbocycles. The van der Waals surface area contributed by atoms with Crippen LogP contribution >= 0.6 is 191 Å². The highest BCUT2D eigenvalue weighted by Gasteiger charge is 2.83. The van der Waals surface area contributed by atoms with Gasteiger partial charge in [0, 0.05) is 96.5 Å². The Balaban J connectivity index is 4.54. The molecule has 1 fully saturated rings. The average molecular weight is 1200 g/mol. The maximum absolute atomic E-state index is 4.05. The Labute approximate surface area is 282 Å². The van der Waals surface area contributed by atoms with Gasteiger partial charge in [0.1, 0.15) is 0 Å². The first kappa shape index (κ1) is 33.8. The van der Waals surface area contributed by atoms with Crippen molar-refractivity contribution in [1.82, 2.24) is 0 Å². The van der Waals surface area contributed by atoms with Crippen molar-refractivity contribution in [1.29, 1.82) is 0 Å². The highest BCUT2D eigenvalue weighted by Crippen LogP contribution is 2.82. The summed E-state index contributed by atoms with van der Waals surface area (Å²) in [4.78, 5) is 0. The van der Waals surface area contributed by atoms with E-state index in [-0.39, 0.29) is 32.5 Å². The lowest BCUT2D eigenvalue weighted by Crippen LogP contribution is -2.84. The van der Waals surface area contributed by atoms with Gasteiger partial charge in [-0.1, -0.05) is 191 Å². The first-order valence-corrected chi connectivity index (χ1v) is 22.4. The molecule has 0 unspecified atom stereocenters. The monoisotopic (exact) mass is 1190 g/mol. The molecule has 1 aliphatic rings. The van der Waals surface area contributed by atoms with Crippen LogP contribution in [0.15, 0.2) is 0 Å². The summed E-state index contributed by atoms with van der Waals surface area (Å²) in [6, 6.07) is 0. The quantitative estimate of drug-likeness (QED) is 0.171. The Hall–Kier alpha value is 5.76. The Bertz CT molecular complexity index is 381. The van der Waals surface area contributed by atoms with Gasteiger partial charge in [0.25, 0.3) is 0 Å². The average Bonchev–Trinajstić information content (AvgIpc) is 2.81. The molecular weight excluding hydrogens is 1180 g/mol. The van der Waals surface area contributed by atoms with Crippen molar-refractivity contribution >= 4 is 191 Å². The van der Waals surface area contributed by atoms with Crippen LogP contribution in [-0.2, 0) is 0 Å². The zero-order valence-electron chi connectivity index (χ0n) is 16.0. The Kier molecular flexibility index (Phi) is 15.4. The van der Waals surface area contributed by atoms with Crippen molar-refractivity contribution in [3.8, 4) is 0 Å². The van der Waals surface area contributed by atoms with Crippen LogP contribution in [0.3, 0.4) is 0 Å². The van der Waals surface area contributed by atoms with E-state index in [1.54, 1.807) is 0 Å². The summed E-state index contributed by atoms with van der Waals surface area (Å²) in [6.45, 7) is 0. The van der Waals surface area contributed by atoms with Crippen LogP contribution in [0.1, 0.15) is 0 Å². The Morgan fingerprint density at radius 3 is 0.300 bits per heavy atom. The third-order valence-electron chi connectivity index (χ3n) is 8.23. The minimum absolute atomic E-state index is 0.100. The predicted octanol–water partition coefficient (Wildman–Crippen LogP) is 10.7. The number of rotatable bonds is 12. The van der Waals surface area contributed by atoms with E-state index < -0.39 is 0 Å². The molecule has 1 rings (SSSR count). The molecular formula is C18H24Br12. The first-order valence-electron chi connectivity index (χ1n) is 8.95. The summed E-state index contributed by atoms with van der Waals surface area (Å²) in [6.07, 6.45) is 0. The highest BCUT2D eigenvalue weighted by molar-refractivity contribution is 9.11. The van der Waals surface area contributed by atoms with E-state index >= 15 is 0 Å². The summed E-state index contributed by atoms with van der Waals surface area (Å²) >= 11 is 48.6. The topological polar surface area (TPSA) is 0 Å². The van der Waals surface area contributed by atoms with Gasteiger partial charge in [0.05, 0.1) is 0 Å². The van der Waals surface area contributed by atoms with Crippen LogP contribution in [0.4, 0.5) is 0 Å². The molecule has 0 aromatic heterocycles. The second-order valence-electron chi connectivity index (χ2n) is 8.10. The molecule has 0 aromatic carbocycles. The van der Waals surface area contributed by atoms with Crippen LogP contribution in [0.25, 0.3) is 0 Å². The van der Waals surface area contributed by atoms with E-state index in [2.05, 4.69) is 191 Å². The van der Waals surface area contributed by atoms with Gasteiger partial charge in [-0.15, -0.1) is 0 Å². The van der Waals surface area contributed by atoms with E-state index in [0.717, 1.165) is 64.0 Å². The van der Waals surface area contributed by atoms with Crippen molar-refractivity contribution < 1.29 is 0 Å². The fourth-order valence-corrected chi connectivity index (χ4v) is 24.5. The maximum Gasteiger partial charge on any atom is 0.0108 e. The van der Waals surface area contributed by atoms with Gasteiger partial charge in [-0.3, -0.25) is 0 Å². The van der Waals surface area contributed by atoms with Crippen LogP contribution < -0.4 is 0 Å². The van der Waals surface area contributed by atoms with Crippen molar-refractivity contribution in [2.75, 3.05) is 64.0 Å². The van der Waals surface area contributed by atoms with Crippen molar-refractivity contribution in [3.05, 3.63) is 0 Å². The molecule has 0 amide bonds. The van der Waals surface area contributed by atoms with E-state index in [1.165, 1.54) is 0 Å². The number of halogens is 12. The second-order valence-corrected chi connectivity index (χ2v) is 14.8. The van der Waals surface area contributed by atoms with Gasteiger partial charge >= 0.3 is 0 Å². The fourth-order valence-electron chi connectivity index (χ4n) is 6.03. The van der Waals surface area contributed by atoms with Crippen molar-refractivity contribution in [2.24, 2.45) is 32.5 Å². The molecule has 0 heterocycles. The maximum atomic E-state index is 4.05. The van der Waals surface area contributed by atoms with Gasteiger partial charge in [0.15, 0.2) is 0 Å². The number of hydrogen-bond acceptors (Lipinski definition) is 0. The van der Waals surface area contributed by atoms with E-state index in [0.29, 0.717) is 0 Å². The summed E-state index contributed by atoms with van der Waals surface area (Å²) in [5.41, 5.74) is -0.602. The molecule has 0 atom stereocenters. The minimum Gasteiger partial charge on any atom is -0.0921 e. The molecule has 0 bridgehead atoms. The van der Waals surface area contributed by atoms with Gasteiger partial charge < -0.3 is 0 Å². The normalized spacial score (nSPS) is 25.2. The molecule has 1 aliphatic carbocycles. The lowest BCUT2D eigenvalue weighted by Gasteiger charge is -2.81. The lowest BCUT2D eigenvalue weighted by atomic mass is 9.28. The van der Waals surface area contributed by atoms with E-state index in [4.69, 9.17) is 0 Å². The van der Waals surface area contributed by atoms with Gasteiger partial charge in [-0.05, 0) is 0 Å². The lowest BCUT2D eigenvalue weighted by molar-refractivity contribution is -0.255. The molecule has 0 saturated heterocycles. The standard InChI is InChI=1S/C18H24Br12/c19-1-13(2-20)14(3-21,4-22)16(7-25,8-26)18(11-29,12-30)17(9-27,10-28)15(13,5-23)6-24/h1-12H2. The molecule has 0 N–H and O–H groups in total. The molecule has 0 aliphatic heterocycles. The van der Waals surface area contributed by atoms with Gasteiger partial charge in [0.2, 0.25) is 0 Å². The molecule has 0 nitrogen and oxygen atoms in total. The minimum atomic E-state index is -0.100. The zero-order chi connectivity index (χ0) is 23.5. The van der Waals surface area contributed by atoms with Gasteiger partial charge in [-0.2, -0.15) is 0 Å². The van der Waals surface area contributed by atoms with Crippen LogP contribution in [-0.4, -0.2) is 64.0 Å². The van der Waals surface area contributed by atoms with Crippen LogP contribution in [0, 0.1) is 32.5 Å².